The van der Waals surface area contributed by atoms with Gasteiger partial charge in [0.2, 0.25) is 11.8 Å². The second kappa shape index (κ2) is 7.24. The molecule has 2 heterocycles. The Morgan fingerprint density at radius 1 is 1.29 bits per heavy atom. The Bertz CT molecular complexity index is 958. The van der Waals surface area contributed by atoms with E-state index in [4.69, 9.17) is 33.1 Å². The van der Waals surface area contributed by atoms with Crippen LogP contribution in [0.1, 0.15) is 41.6 Å². The molecule has 0 atom stereocenters. The van der Waals surface area contributed by atoms with Crippen molar-refractivity contribution in [2.45, 2.75) is 37.2 Å². The molecule has 28 heavy (non-hydrogen) atoms. The van der Waals surface area contributed by atoms with Crippen LogP contribution in [0.3, 0.4) is 0 Å². The first-order valence-electron chi connectivity index (χ1n) is 8.81. The van der Waals surface area contributed by atoms with Crippen LogP contribution >= 0.6 is 23.2 Å². The lowest BCUT2D eigenvalue weighted by Crippen LogP contribution is -2.41. The highest BCUT2D eigenvalue weighted by Gasteiger charge is 2.49. The average Bonchev–Trinajstić information content (AvgIpc) is 2.96. The summed E-state index contributed by atoms with van der Waals surface area (Å²) in [5, 5.41) is 12.6. The number of aromatic nitrogens is 1. The minimum atomic E-state index is -0.710. The predicted molar refractivity (Wildman–Crippen MR) is 103 cm³/mol. The monoisotopic (exact) mass is 421 g/mol. The lowest BCUT2D eigenvalue weighted by molar-refractivity contribution is -0.122. The molecule has 1 aliphatic carbocycles. The Labute approximate surface area is 171 Å². The van der Waals surface area contributed by atoms with Crippen molar-refractivity contribution in [2.24, 2.45) is 0 Å². The van der Waals surface area contributed by atoms with Gasteiger partial charge in [-0.2, -0.15) is 0 Å². The third kappa shape index (κ3) is 3.19. The molecule has 1 aliphatic heterocycles. The quantitative estimate of drug-likeness (QED) is 0.517. The minimum Gasteiger partial charge on any atom is -0.473 e. The van der Waals surface area contributed by atoms with Gasteiger partial charge in [0.1, 0.15) is 11.1 Å². The molecule has 146 valence electrons. The molecular weight excluding hydrogens is 405 g/mol. The standard InChI is InChI=1S/C19H17Cl2N3O4/c20-11-8-14(21)17(22-9-11)28-12-3-5-19(6-4-12)13-7-10(16(25)24-27)1-2-15(13)23-18(19)26/h1-2,7-9,12,27H,3-6H2,(H,23,26)(H,24,25). The molecule has 2 aliphatic rings. The number of anilines is 1. The number of ether oxygens (including phenoxy) is 1. The molecule has 3 N–H and O–H groups in total. The number of carbonyl (C=O) groups excluding carboxylic acids is 2. The van der Waals surface area contributed by atoms with Crippen molar-refractivity contribution >= 4 is 40.7 Å². The molecule has 0 radical (unpaired) electrons. The molecule has 1 saturated carbocycles. The molecule has 9 heteroatoms. The number of rotatable bonds is 3. The van der Waals surface area contributed by atoms with E-state index in [1.165, 1.54) is 6.20 Å². The maximum absolute atomic E-state index is 12.8. The average molecular weight is 422 g/mol. The van der Waals surface area contributed by atoms with Gasteiger partial charge in [-0.05, 0) is 55.5 Å². The first-order chi connectivity index (χ1) is 13.4. The van der Waals surface area contributed by atoms with Crippen LogP contribution in [0.4, 0.5) is 5.69 Å². The maximum Gasteiger partial charge on any atom is 0.274 e. The zero-order valence-corrected chi connectivity index (χ0v) is 16.2. The van der Waals surface area contributed by atoms with Crippen molar-refractivity contribution in [1.82, 2.24) is 10.5 Å². The number of carbonyl (C=O) groups is 2. The highest BCUT2D eigenvalue weighted by molar-refractivity contribution is 6.35. The normalized spacial score (nSPS) is 23.2. The summed E-state index contributed by atoms with van der Waals surface area (Å²) in [6.07, 6.45) is 3.73. The number of halogens is 2. The fourth-order valence-electron chi connectivity index (χ4n) is 3.96. The van der Waals surface area contributed by atoms with Gasteiger partial charge in [0.25, 0.3) is 5.91 Å². The number of hydrogen-bond acceptors (Lipinski definition) is 5. The smallest absolute Gasteiger partial charge is 0.274 e. The lowest BCUT2D eigenvalue weighted by atomic mass is 9.69. The summed E-state index contributed by atoms with van der Waals surface area (Å²) in [4.78, 5) is 28.6. The van der Waals surface area contributed by atoms with Gasteiger partial charge in [0, 0.05) is 17.4 Å². The van der Waals surface area contributed by atoms with Crippen LogP contribution in [0.25, 0.3) is 0 Å². The number of benzene rings is 1. The molecule has 0 bridgehead atoms. The highest BCUT2D eigenvalue weighted by Crippen LogP contribution is 2.48. The van der Waals surface area contributed by atoms with Crippen molar-refractivity contribution in [3.05, 3.63) is 51.6 Å². The van der Waals surface area contributed by atoms with Crippen LogP contribution in [-0.2, 0) is 10.2 Å². The van der Waals surface area contributed by atoms with Crippen molar-refractivity contribution in [1.29, 1.82) is 0 Å². The number of amides is 2. The maximum atomic E-state index is 12.8. The summed E-state index contributed by atoms with van der Waals surface area (Å²) >= 11 is 12.0. The third-order valence-corrected chi connectivity index (χ3v) is 5.90. The van der Waals surface area contributed by atoms with Gasteiger partial charge in [-0.1, -0.05) is 23.2 Å². The van der Waals surface area contributed by atoms with Crippen LogP contribution in [0.2, 0.25) is 10.0 Å². The van der Waals surface area contributed by atoms with E-state index in [1.54, 1.807) is 29.7 Å². The number of hydrogen-bond donors (Lipinski definition) is 3. The van der Waals surface area contributed by atoms with E-state index in [2.05, 4.69) is 10.3 Å². The van der Waals surface area contributed by atoms with Crippen LogP contribution in [-0.4, -0.2) is 28.1 Å². The van der Waals surface area contributed by atoms with E-state index in [9.17, 15) is 9.59 Å². The number of hydroxylamine groups is 1. The topological polar surface area (TPSA) is 101 Å². The van der Waals surface area contributed by atoms with E-state index >= 15 is 0 Å². The van der Waals surface area contributed by atoms with E-state index < -0.39 is 11.3 Å². The summed E-state index contributed by atoms with van der Waals surface area (Å²) in [5.74, 6) is -0.367. The van der Waals surface area contributed by atoms with Crippen LogP contribution in [0.5, 0.6) is 5.88 Å². The molecule has 2 amide bonds. The molecule has 1 spiro atoms. The molecule has 1 aromatic heterocycles. The number of nitrogens with one attached hydrogen (secondary N) is 2. The fraction of sp³-hybridized carbons (Fsp3) is 0.316. The first kappa shape index (κ1) is 19.0. The fourth-order valence-corrected chi connectivity index (χ4v) is 4.39. The number of fused-ring (bicyclic) bond motifs is 2. The van der Waals surface area contributed by atoms with Gasteiger partial charge in [0.15, 0.2) is 0 Å². The summed E-state index contributed by atoms with van der Waals surface area (Å²) in [6.45, 7) is 0. The van der Waals surface area contributed by atoms with E-state index in [0.29, 0.717) is 52.9 Å². The molecule has 7 nitrogen and oxygen atoms in total. The van der Waals surface area contributed by atoms with Crippen molar-refractivity contribution in [3.63, 3.8) is 0 Å². The predicted octanol–water partition coefficient (Wildman–Crippen LogP) is 3.72. The molecule has 0 unspecified atom stereocenters. The van der Waals surface area contributed by atoms with Gasteiger partial charge in [0.05, 0.1) is 10.4 Å². The zero-order chi connectivity index (χ0) is 19.9. The Hall–Kier alpha value is -2.35. The zero-order valence-electron chi connectivity index (χ0n) is 14.7. The van der Waals surface area contributed by atoms with Crippen LogP contribution in [0, 0.1) is 0 Å². The van der Waals surface area contributed by atoms with Crippen LogP contribution in [0.15, 0.2) is 30.5 Å². The Morgan fingerprint density at radius 3 is 2.71 bits per heavy atom. The van der Waals surface area contributed by atoms with Gasteiger partial charge >= 0.3 is 0 Å². The number of pyridine rings is 1. The molecular formula is C19H17Cl2N3O4. The summed E-state index contributed by atoms with van der Waals surface area (Å²) in [5.41, 5.74) is 2.69. The van der Waals surface area contributed by atoms with Gasteiger partial charge in [-0.3, -0.25) is 14.8 Å². The molecule has 4 rings (SSSR count). The second-order valence-electron chi connectivity index (χ2n) is 7.00. The van der Waals surface area contributed by atoms with E-state index in [1.807, 2.05) is 0 Å². The molecule has 0 saturated heterocycles. The Kier molecular flexibility index (Phi) is 4.91. The Balaban J connectivity index is 1.54. The molecule has 1 fully saturated rings. The largest absolute Gasteiger partial charge is 0.473 e. The van der Waals surface area contributed by atoms with Crippen molar-refractivity contribution in [2.75, 3.05) is 5.32 Å². The van der Waals surface area contributed by atoms with Gasteiger partial charge in [-0.15, -0.1) is 0 Å². The summed E-state index contributed by atoms with van der Waals surface area (Å²) < 4.78 is 5.92. The van der Waals surface area contributed by atoms with Gasteiger partial charge in [-0.25, -0.2) is 10.5 Å². The SMILES string of the molecule is O=C(NO)c1ccc2c(c1)C1(CCC(Oc3ncc(Cl)cc3Cl)CC1)C(=O)N2. The molecule has 2 aromatic rings. The van der Waals surface area contributed by atoms with E-state index in [-0.39, 0.29) is 12.0 Å². The van der Waals surface area contributed by atoms with Crippen molar-refractivity contribution in [3.8, 4) is 5.88 Å². The minimum absolute atomic E-state index is 0.0786. The third-order valence-electron chi connectivity index (χ3n) is 5.42. The van der Waals surface area contributed by atoms with Gasteiger partial charge < -0.3 is 10.1 Å². The summed E-state index contributed by atoms with van der Waals surface area (Å²) in [6, 6.07) is 6.49. The molecule has 1 aromatic carbocycles. The van der Waals surface area contributed by atoms with E-state index in [0.717, 1.165) is 5.56 Å². The van der Waals surface area contributed by atoms with Crippen molar-refractivity contribution < 1.29 is 19.5 Å². The lowest BCUT2D eigenvalue weighted by Gasteiger charge is -2.35. The Morgan fingerprint density at radius 2 is 2.04 bits per heavy atom. The second-order valence-corrected chi connectivity index (χ2v) is 7.84. The number of nitrogens with zero attached hydrogens (tertiary/aromatic N) is 1. The highest BCUT2D eigenvalue weighted by atomic mass is 35.5. The van der Waals surface area contributed by atoms with Crippen LogP contribution < -0.4 is 15.5 Å². The first-order valence-corrected chi connectivity index (χ1v) is 9.57. The summed E-state index contributed by atoms with van der Waals surface area (Å²) in [7, 11) is 0.